The molecule has 6 nitrogen and oxygen atoms in total. The molecule has 1 amide bonds. The number of aromatic carboxylic acids is 1. The van der Waals surface area contributed by atoms with Gasteiger partial charge in [-0.15, -0.1) is 0 Å². The predicted octanol–water partition coefficient (Wildman–Crippen LogP) is 2.18. The van der Waals surface area contributed by atoms with Gasteiger partial charge in [0.2, 0.25) is 0 Å². The zero-order chi connectivity index (χ0) is 15.4. The summed E-state index contributed by atoms with van der Waals surface area (Å²) in [5.41, 5.74) is 0.0528. The number of pyridine rings is 1. The number of methoxy groups -OCH3 is 1. The van der Waals surface area contributed by atoms with Crippen molar-refractivity contribution < 1.29 is 23.8 Å². The first-order valence-electron chi connectivity index (χ1n) is 5.85. The summed E-state index contributed by atoms with van der Waals surface area (Å²) in [5.74, 6) is -2.32. The van der Waals surface area contributed by atoms with Crippen LogP contribution in [-0.2, 0) is 0 Å². The molecule has 0 aliphatic heterocycles. The number of ether oxygens (including phenoxy) is 1. The highest BCUT2D eigenvalue weighted by molar-refractivity contribution is 6.04. The molecule has 1 aromatic carbocycles. The molecule has 0 atom stereocenters. The van der Waals surface area contributed by atoms with Crippen molar-refractivity contribution in [3.05, 3.63) is 53.5 Å². The SMILES string of the molecule is COc1ccc(C(=O)Nc2cc(C(=O)O)ccn2)cc1F. The average molecular weight is 290 g/mol. The Balaban J connectivity index is 2.20. The van der Waals surface area contributed by atoms with Gasteiger partial charge in [-0.05, 0) is 30.3 Å². The summed E-state index contributed by atoms with van der Waals surface area (Å²) < 4.78 is 18.3. The van der Waals surface area contributed by atoms with Crippen LogP contribution in [0.2, 0.25) is 0 Å². The minimum absolute atomic E-state index is 0.0128. The third-order valence-corrected chi connectivity index (χ3v) is 2.66. The summed E-state index contributed by atoms with van der Waals surface area (Å²) in [6, 6.07) is 6.24. The lowest BCUT2D eigenvalue weighted by atomic mass is 10.2. The van der Waals surface area contributed by atoms with Crippen LogP contribution in [0.3, 0.4) is 0 Å². The Kier molecular flexibility index (Phi) is 4.13. The first kappa shape index (κ1) is 14.4. The number of carbonyl (C=O) groups excluding carboxylic acids is 1. The van der Waals surface area contributed by atoms with E-state index in [0.29, 0.717) is 0 Å². The molecule has 108 valence electrons. The van der Waals surface area contributed by atoms with E-state index >= 15 is 0 Å². The maximum Gasteiger partial charge on any atom is 0.335 e. The van der Waals surface area contributed by atoms with Crippen LogP contribution in [0, 0.1) is 5.82 Å². The normalized spacial score (nSPS) is 10.0. The Morgan fingerprint density at radius 3 is 2.62 bits per heavy atom. The summed E-state index contributed by atoms with van der Waals surface area (Å²) in [6.45, 7) is 0. The molecule has 0 bridgehead atoms. The fourth-order valence-corrected chi connectivity index (χ4v) is 1.63. The summed E-state index contributed by atoms with van der Waals surface area (Å²) in [4.78, 5) is 26.6. The van der Waals surface area contributed by atoms with Crippen LogP contribution in [0.4, 0.5) is 10.2 Å². The number of carbonyl (C=O) groups is 2. The van der Waals surface area contributed by atoms with Gasteiger partial charge in [0, 0.05) is 11.8 Å². The number of benzene rings is 1. The third kappa shape index (κ3) is 3.33. The molecular formula is C14H11FN2O4. The lowest BCUT2D eigenvalue weighted by molar-refractivity contribution is 0.0696. The molecule has 21 heavy (non-hydrogen) atoms. The van der Waals surface area contributed by atoms with Crippen molar-refractivity contribution in [2.45, 2.75) is 0 Å². The van der Waals surface area contributed by atoms with Crippen molar-refractivity contribution in [2.75, 3.05) is 12.4 Å². The van der Waals surface area contributed by atoms with Crippen LogP contribution in [-0.4, -0.2) is 29.1 Å². The van der Waals surface area contributed by atoms with E-state index in [1.54, 1.807) is 0 Å². The number of nitrogens with zero attached hydrogens (tertiary/aromatic N) is 1. The summed E-state index contributed by atoms with van der Waals surface area (Å²) in [5, 5.41) is 11.2. The highest BCUT2D eigenvalue weighted by Gasteiger charge is 2.12. The number of amides is 1. The highest BCUT2D eigenvalue weighted by atomic mass is 19.1. The summed E-state index contributed by atoms with van der Waals surface area (Å²) in [7, 11) is 1.32. The van der Waals surface area contributed by atoms with Crippen molar-refractivity contribution in [1.29, 1.82) is 0 Å². The molecule has 0 aliphatic rings. The summed E-state index contributed by atoms with van der Waals surface area (Å²) >= 11 is 0. The first-order chi connectivity index (χ1) is 10.0. The quantitative estimate of drug-likeness (QED) is 0.901. The molecule has 2 N–H and O–H groups in total. The largest absolute Gasteiger partial charge is 0.494 e. The van der Waals surface area contributed by atoms with Gasteiger partial charge in [0.15, 0.2) is 11.6 Å². The van der Waals surface area contributed by atoms with Gasteiger partial charge in [0.05, 0.1) is 12.7 Å². The number of rotatable bonds is 4. The van der Waals surface area contributed by atoms with E-state index in [-0.39, 0.29) is 22.7 Å². The number of carboxylic acid groups (broad SMARTS) is 1. The minimum atomic E-state index is -1.14. The van der Waals surface area contributed by atoms with Crippen molar-refractivity contribution in [3.63, 3.8) is 0 Å². The van der Waals surface area contributed by atoms with Crippen LogP contribution in [0.25, 0.3) is 0 Å². The Morgan fingerprint density at radius 1 is 1.24 bits per heavy atom. The van der Waals surface area contributed by atoms with Gasteiger partial charge < -0.3 is 15.2 Å². The molecule has 1 aromatic heterocycles. The van der Waals surface area contributed by atoms with Crippen LogP contribution in [0.1, 0.15) is 20.7 Å². The summed E-state index contributed by atoms with van der Waals surface area (Å²) in [6.07, 6.45) is 1.26. The molecule has 7 heteroatoms. The Labute approximate surface area is 119 Å². The van der Waals surface area contributed by atoms with Crippen LogP contribution < -0.4 is 10.1 Å². The molecule has 0 spiro atoms. The molecule has 0 unspecified atom stereocenters. The van der Waals surface area contributed by atoms with Gasteiger partial charge in [0.25, 0.3) is 5.91 Å². The molecule has 0 saturated heterocycles. The molecule has 2 rings (SSSR count). The van der Waals surface area contributed by atoms with E-state index in [9.17, 15) is 14.0 Å². The Hall–Kier alpha value is -2.96. The molecular weight excluding hydrogens is 279 g/mol. The van der Waals surface area contributed by atoms with E-state index in [0.717, 1.165) is 6.07 Å². The zero-order valence-electron chi connectivity index (χ0n) is 11.0. The Morgan fingerprint density at radius 2 is 2.00 bits per heavy atom. The monoisotopic (exact) mass is 290 g/mol. The minimum Gasteiger partial charge on any atom is -0.494 e. The second-order valence-electron chi connectivity index (χ2n) is 4.04. The van der Waals surface area contributed by atoms with Gasteiger partial charge in [0.1, 0.15) is 5.82 Å². The van der Waals surface area contributed by atoms with Crippen LogP contribution in [0.15, 0.2) is 36.5 Å². The second-order valence-corrected chi connectivity index (χ2v) is 4.04. The fraction of sp³-hybridized carbons (Fsp3) is 0.0714. The molecule has 1 heterocycles. The number of carboxylic acids is 1. The predicted molar refractivity (Wildman–Crippen MR) is 72.1 cm³/mol. The van der Waals surface area contributed by atoms with Crippen molar-refractivity contribution in [3.8, 4) is 5.75 Å². The maximum atomic E-state index is 13.5. The average Bonchev–Trinajstić information content (AvgIpc) is 2.47. The number of halogens is 1. The lowest BCUT2D eigenvalue weighted by Gasteiger charge is -2.07. The number of anilines is 1. The van der Waals surface area contributed by atoms with Gasteiger partial charge >= 0.3 is 5.97 Å². The molecule has 0 saturated carbocycles. The van der Waals surface area contributed by atoms with Gasteiger partial charge in [-0.25, -0.2) is 14.2 Å². The van der Waals surface area contributed by atoms with Gasteiger partial charge in [-0.3, -0.25) is 4.79 Å². The Bertz CT molecular complexity index is 703. The fourth-order valence-electron chi connectivity index (χ4n) is 1.63. The van der Waals surface area contributed by atoms with Crippen molar-refractivity contribution in [1.82, 2.24) is 4.98 Å². The third-order valence-electron chi connectivity index (χ3n) is 2.66. The maximum absolute atomic E-state index is 13.5. The number of nitrogens with one attached hydrogen (secondary N) is 1. The van der Waals surface area contributed by atoms with E-state index in [1.807, 2.05) is 0 Å². The topological polar surface area (TPSA) is 88.5 Å². The van der Waals surface area contributed by atoms with Crippen molar-refractivity contribution >= 4 is 17.7 Å². The first-order valence-corrected chi connectivity index (χ1v) is 5.85. The van der Waals surface area contributed by atoms with Crippen molar-refractivity contribution in [2.24, 2.45) is 0 Å². The molecule has 0 aliphatic carbocycles. The molecule has 2 aromatic rings. The number of aromatic nitrogens is 1. The molecule has 0 radical (unpaired) electrons. The number of hydrogen-bond acceptors (Lipinski definition) is 4. The van der Waals surface area contributed by atoms with E-state index < -0.39 is 17.7 Å². The van der Waals surface area contributed by atoms with E-state index in [4.69, 9.17) is 9.84 Å². The molecule has 0 fully saturated rings. The van der Waals surface area contributed by atoms with E-state index in [2.05, 4.69) is 10.3 Å². The van der Waals surface area contributed by atoms with E-state index in [1.165, 1.54) is 37.6 Å². The van der Waals surface area contributed by atoms with Gasteiger partial charge in [-0.2, -0.15) is 0 Å². The smallest absolute Gasteiger partial charge is 0.335 e. The standard InChI is InChI=1S/C14H11FN2O4/c1-21-11-3-2-8(6-10(11)15)13(18)17-12-7-9(14(19)20)4-5-16-12/h2-7H,1H3,(H,19,20)(H,16,17,18). The lowest BCUT2D eigenvalue weighted by Crippen LogP contribution is -2.14. The van der Waals surface area contributed by atoms with Gasteiger partial charge in [-0.1, -0.05) is 0 Å². The number of hydrogen-bond donors (Lipinski definition) is 2. The second kappa shape index (κ2) is 6.00. The van der Waals surface area contributed by atoms with Crippen LogP contribution in [0.5, 0.6) is 5.75 Å². The van der Waals surface area contributed by atoms with Crippen LogP contribution >= 0.6 is 0 Å². The zero-order valence-corrected chi connectivity index (χ0v) is 11.0. The highest BCUT2D eigenvalue weighted by Crippen LogP contribution is 2.18.